The van der Waals surface area contributed by atoms with Crippen LogP contribution in [0.25, 0.3) is 0 Å². The van der Waals surface area contributed by atoms with Crippen LogP contribution in [-0.2, 0) is 20.9 Å². The van der Waals surface area contributed by atoms with Gasteiger partial charge in [-0.15, -0.1) is 0 Å². The van der Waals surface area contributed by atoms with Gasteiger partial charge in [0, 0.05) is 22.6 Å². The van der Waals surface area contributed by atoms with Crippen LogP contribution in [0.5, 0.6) is 0 Å². The van der Waals surface area contributed by atoms with Crippen LogP contribution in [0, 0.1) is 6.92 Å². The van der Waals surface area contributed by atoms with Crippen LogP contribution in [-0.4, -0.2) is 17.7 Å². The van der Waals surface area contributed by atoms with E-state index in [0.29, 0.717) is 5.69 Å². The topological polar surface area (TPSA) is 64.6 Å². The van der Waals surface area contributed by atoms with Gasteiger partial charge >= 0.3 is 12.1 Å². The predicted octanol–water partition coefficient (Wildman–Crippen LogP) is 4.17. The number of anilines is 1. The van der Waals surface area contributed by atoms with E-state index in [1.54, 1.807) is 32.9 Å². The normalized spacial score (nSPS) is 11.0. The summed E-state index contributed by atoms with van der Waals surface area (Å²) in [6, 6.07) is 3.55. The summed E-state index contributed by atoms with van der Waals surface area (Å²) in [7, 11) is 0. The molecule has 0 aromatic heterocycles. The Morgan fingerprint density at radius 1 is 1.29 bits per heavy atom. The average molecular weight is 358 g/mol. The van der Waals surface area contributed by atoms with Gasteiger partial charge in [0.2, 0.25) is 0 Å². The van der Waals surface area contributed by atoms with E-state index >= 15 is 0 Å². The second-order valence-electron chi connectivity index (χ2n) is 5.61. The highest BCUT2D eigenvalue weighted by atomic mass is 79.9. The highest BCUT2D eigenvalue weighted by molar-refractivity contribution is 9.10. The van der Waals surface area contributed by atoms with Crippen LogP contribution in [0.4, 0.5) is 10.5 Å². The summed E-state index contributed by atoms with van der Waals surface area (Å²) in [5.74, 6) is -0.355. The van der Waals surface area contributed by atoms with Crippen molar-refractivity contribution < 1.29 is 19.1 Å². The SMILES string of the molecule is CC(=O)OCc1c(Br)ccc(NC(=O)OC(C)(C)C)c1C. The van der Waals surface area contributed by atoms with Crippen molar-refractivity contribution in [2.24, 2.45) is 0 Å². The predicted molar refractivity (Wildman–Crippen MR) is 84.2 cm³/mol. The molecule has 5 nitrogen and oxygen atoms in total. The summed E-state index contributed by atoms with van der Waals surface area (Å²) >= 11 is 3.41. The van der Waals surface area contributed by atoms with Gasteiger partial charge in [0.25, 0.3) is 0 Å². The van der Waals surface area contributed by atoms with Crippen molar-refractivity contribution >= 4 is 33.7 Å². The zero-order chi connectivity index (χ0) is 16.2. The molecule has 1 rings (SSSR count). The number of halogens is 1. The van der Waals surface area contributed by atoms with Gasteiger partial charge in [0.05, 0.1) is 0 Å². The fourth-order valence-corrected chi connectivity index (χ4v) is 2.17. The summed E-state index contributed by atoms with van der Waals surface area (Å²) in [6.07, 6.45) is -0.522. The number of amides is 1. The Morgan fingerprint density at radius 3 is 2.43 bits per heavy atom. The summed E-state index contributed by atoms with van der Waals surface area (Å²) in [4.78, 5) is 22.7. The Labute approximate surface area is 133 Å². The second-order valence-corrected chi connectivity index (χ2v) is 6.46. The minimum atomic E-state index is -0.562. The third-order valence-electron chi connectivity index (χ3n) is 2.60. The number of carbonyl (C=O) groups excluding carboxylic acids is 2. The first-order valence-corrected chi connectivity index (χ1v) is 7.31. The van der Waals surface area contributed by atoms with E-state index in [0.717, 1.165) is 15.6 Å². The molecule has 0 saturated carbocycles. The summed E-state index contributed by atoms with van der Waals surface area (Å²) in [5, 5.41) is 2.70. The third-order valence-corrected chi connectivity index (χ3v) is 3.34. The van der Waals surface area contributed by atoms with Crippen LogP contribution >= 0.6 is 15.9 Å². The highest BCUT2D eigenvalue weighted by Gasteiger charge is 2.18. The maximum atomic E-state index is 11.8. The lowest BCUT2D eigenvalue weighted by atomic mass is 10.1. The zero-order valence-corrected chi connectivity index (χ0v) is 14.5. The summed E-state index contributed by atoms with van der Waals surface area (Å²) in [5.41, 5.74) is 1.68. The molecule has 1 aromatic rings. The van der Waals surface area contributed by atoms with Gasteiger partial charge in [0.1, 0.15) is 12.2 Å². The number of rotatable bonds is 3. The lowest BCUT2D eigenvalue weighted by Crippen LogP contribution is -2.27. The monoisotopic (exact) mass is 357 g/mol. The van der Waals surface area contributed by atoms with E-state index in [2.05, 4.69) is 21.2 Å². The smallest absolute Gasteiger partial charge is 0.412 e. The van der Waals surface area contributed by atoms with E-state index in [9.17, 15) is 9.59 Å². The number of carbonyl (C=O) groups is 2. The van der Waals surface area contributed by atoms with Gasteiger partial charge in [0.15, 0.2) is 0 Å². The Kier molecular flexibility index (Phi) is 5.78. The maximum Gasteiger partial charge on any atom is 0.412 e. The van der Waals surface area contributed by atoms with Gasteiger partial charge in [-0.25, -0.2) is 4.79 Å². The molecule has 0 unspecified atom stereocenters. The molecular weight excluding hydrogens is 338 g/mol. The molecule has 0 bridgehead atoms. The van der Waals surface area contributed by atoms with Gasteiger partial charge in [-0.3, -0.25) is 10.1 Å². The molecule has 0 atom stereocenters. The van der Waals surface area contributed by atoms with Crippen molar-refractivity contribution in [3.63, 3.8) is 0 Å². The fourth-order valence-electron chi connectivity index (χ4n) is 1.62. The van der Waals surface area contributed by atoms with Crippen LogP contribution in [0.15, 0.2) is 16.6 Å². The van der Waals surface area contributed by atoms with Crippen molar-refractivity contribution in [2.75, 3.05) is 5.32 Å². The van der Waals surface area contributed by atoms with Gasteiger partial charge in [-0.1, -0.05) is 15.9 Å². The van der Waals surface area contributed by atoms with Crippen LogP contribution in [0.2, 0.25) is 0 Å². The van der Waals surface area contributed by atoms with E-state index in [-0.39, 0.29) is 12.6 Å². The molecule has 0 spiro atoms. The molecule has 0 radical (unpaired) electrons. The van der Waals surface area contributed by atoms with Crippen molar-refractivity contribution in [3.8, 4) is 0 Å². The largest absolute Gasteiger partial charge is 0.461 e. The number of esters is 1. The molecule has 0 aliphatic carbocycles. The Morgan fingerprint density at radius 2 is 1.90 bits per heavy atom. The highest BCUT2D eigenvalue weighted by Crippen LogP contribution is 2.28. The lowest BCUT2D eigenvalue weighted by molar-refractivity contribution is -0.142. The van der Waals surface area contributed by atoms with Crippen LogP contribution in [0.1, 0.15) is 38.8 Å². The first-order valence-electron chi connectivity index (χ1n) is 6.51. The minimum Gasteiger partial charge on any atom is -0.461 e. The van der Waals surface area contributed by atoms with E-state index in [1.165, 1.54) is 6.92 Å². The summed E-state index contributed by atoms with van der Waals surface area (Å²) in [6.45, 7) is 8.74. The number of benzene rings is 1. The maximum absolute atomic E-state index is 11.8. The molecule has 0 aliphatic heterocycles. The van der Waals surface area contributed by atoms with Gasteiger partial charge in [-0.05, 0) is 45.4 Å². The number of hydrogen-bond donors (Lipinski definition) is 1. The summed E-state index contributed by atoms with van der Waals surface area (Å²) < 4.78 is 11.1. The fraction of sp³-hybridized carbons (Fsp3) is 0.467. The molecule has 1 amide bonds. The van der Waals surface area contributed by atoms with E-state index in [4.69, 9.17) is 9.47 Å². The number of ether oxygens (including phenoxy) is 2. The standard InChI is InChI=1S/C15H20BrNO4/c1-9-11(8-20-10(2)18)12(16)6-7-13(9)17-14(19)21-15(3,4)5/h6-7H,8H2,1-5H3,(H,17,19). The first-order chi connectivity index (χ1) is 9.60. The Balaban J connectivity index is 2.91. The van der Waals surface area contributed by atoms with Gasteiger partial charge < -0.3 is 9.47 Å². The van der Waals surface area contributed by atoms with Crippen molar-refractivity contribution in [2.45, 2.75) is 46.8 Å². The first kappa shape index (κ1) is 17.5. The van der Waals surface area contributed by atoms with E-state index < -0.39 is 11.7 Å². The van der Waals surface area contributed by atoms with Crippen LogP contribution < -0.4 is 5.32 Å². The minimum absolute atomic E-state index is 0.144. The molecule has 0 aliphatic rings. The molecule has 1 N–H and O–H groups in total. The lowest BCUT2D eigenvalue weighted by Gasteiger charge is -2.21. The molecule has 0 heterocycles. The average Bonchev–Trinajstić information content (AvgIpc) is 2.30. The number of hydrogen-bond acceptors (Lipinski definition) is 4. The third kappa shape index (κ3) is 5.75. The van der Waals surface area contributed by atoms with Gasteiger partial charge in [-0.2, -0.15) is 0 Å². The van der Waals surface area contributed by atoms with Crippen molar-refractivity contribution in [3.05, 3.63) is 27.7 Å². The van der Waals surface area contributed by atoms with E-state index in [1.807, 2.05) is 6.92 Å². The van der Waals surface area contributed by atoms with Crippen molar-refractivity contribution in [1.82, 2.24) is 0 Å². The molecular formula is C15H20BrNO4. The quantitative estimate of drug-likeness (QED) is 0.824. The Hall–Kier alpha value is -1.56. The molecule has 6 heteroatoms. The van der Waals surface area contributed by atoms with Crippen LogP contribution in [0.3, 0.4) is 0 Å². The van der Waals surface area contributed by atoms with Crippen molar-refractivity contribution in [1.29, 1.82) is 0 Å². The number of nitrogens with one attached hydrogen (secondary N) is 1. The zero-order valence-electron chi connectivity index (χ0n) is 12.9. The molecule has 21 heavy (non-hydrogen) atoms. The Bertz CT molecular complexity index is 549. The molecule has 1 aromatic carbocycles. The second kappa shape index (κ2) is 6.93. The molecule has 0 saturated heterocycles. The molecule has 0 fully saturated rings. The molecule has 116 valence electrons.